The maximum Gasteiger partial charge on any atom is 0.336 e. The lowest BCUT2D eigenvalue weighted by atomic mass is 10.1. The molecule has 0 bridgehead atoms. The number of aliphatic carboxylic acids is 1. The lowest BCUT2D eigenvalue weighted by Gasteiger charge is -2.19. The topological polar surface area (TPSA) is 109 Å². The van der Waals surface area contributed by atoms with E-state index in [4.69, 9.17) is 9.15 Å². The first-order valence-corrected chi connectivity index (χ1v) is 7.00. The summed E-state index contributed by atoms with van der Waals surface area (Å²) in [6, 6.07) is 5.14. The van der Waals surface area contributed by atoms with Crippen molar-refractivity contribution in [3.8, 4) is 5.75 Å². The fraction of sp³-hybridized carbons (Fsp3) is 0.312. The molecule has 0 aliphatic heterocycles. The van der Waals surface area contributed by atoms with E-state index in [-0.39, 0.29) is 0 Å². The normalized spacial score (nSPS) is 13.3. The molecule has 0 unspecified atom stereocenters. The zero-order valence-corrected chi connectivity index (χ0v) is 12.9. The average Bonchev–Trinajstić information content (AvgIpc) is 2.46. The average molecular weight is 318 g/mol. The quantitative estimate of drug-likeness (QED) is 0.785. The summed E-state index contributed by atoms with van der Waals surface area (Å²) in [7, 11) is 0. The Bertz CT molecular complexity index is 810. The minimum absolute atomic E-state index is 0.329. The first-order valence-electron chi connectivity index (χ1n) is 7.00. The van der Waals surface area contributed by atoms with E-state index >= 15 is 0 Å². The van der Waals surface area contributed by atoms with Crippen LogP contribution in [0.3, 0.4) is 0 Å². The molecule has 2 aromatic rings. The van der Waals surface area contributed by atoms with Crippen LogP contribution < -0.4 is 20.8 Å². The third kappa shape index (κ3) is 3.88. The SMILES string of the molecule is Cc1cc(=O)oc2cc(O[C@H](C)C(=O)N[C@H](C)C(=O)[O-])ccc12. The van der Waals surface area contributed by atoms with Gasteiger partial charge in [-0.1, -0.05) is 0 Å². The third-order valence-electron chi connectivity index (χ3n) is 3.32. The molecule has 23 heavy (non-hydrogen) atoms. The van der Waals surface area contributed by atoms with E-state index in [0.29, 0.717) is 11.3 Å². The Kier molecular flexibility index (Phi) is 4.68. The number of amides is 1. The maximum atomic E-state index is 11.8. The van der Waals surface area contributed by atoms with E-state index < -0.39 is 29.6 Å². The predicted octanol–water partition coefficient (Wildman–Crippen LogP) is 0.123. The minimum atomic E-state index is -1.38. The molecular weight excluding hydrogens is 302 g/mol. The number of carbonyl (C=O) groups is 2. The molecule has 1 amide bonds. The molecule has 7 heteroatoms. The van der Waals surface area contributed by atoms with Gasteiger partial charge in [0.25, 0.3) is 5.91 Å². The molecule has 2 rings (SSSR count). The summed E-state index contributed by atoms with van der Waals surface area (Å²) in [5, 5.41) is 13.6. The molecule has 0 spiro atoms. The molecule has 1 N–H and O–H groups in total. The molecule has 0 saturated carbocycles. The van der Waals surface area contributed by atoms with Crippen LogP contribution in [0.15, 0.2) is 33.5 Å². The molecule has 1 aromatic heterocycles. The van der Waals surface area contributed by atoms with Gasteiger partial charge in [0.15, 0.2) is 6.10 Å². The third-order valence-corrected chi connectivity index (χ3v) is 3.32. The van der Waals surface area contributed by atoms with Gasteiger partial charge in [-0.3, -0.25) is 4.79 Å². The standard InChI is InChI=1S/C16H17NO6/c1-8-6-14(18)23-13-7-11(4-5-12(8)13)22-10(3)15(19)17-9(2)16(20)21/h4-7,9-10H,1-3H3,(H,17,19)(H,20,21)/p-1/t9-,10-/m1/s1. The number of hydrogen-bond acceptors (Lipinski definition) is 6. The number of aryl methyl sites for hydroxylation is 1. The second kappa shape index (κ2) is 6.51. The van der Waals surface area contributed by atoms with E-state index in [1.54, 1.807) is 19.1 Å². The molecule has 2 atom stereocenters. The van der Waals surface area contributed by atoms with Gasteiger partial charge in [-0.05, 0) is 38.5 Å². The van der Waals surface area contributed by atoms with Crippen LogP contribution >= 0.6 is 0 Å². The number of fused-ring (bicyclic) bond motifs is 1. The van der Waals surface area contributed by atoms with Crippen LogP contribution in [0.4, 0.5) is 0 Å². The maximum absolute atomic E-state index is 11.8. The van der Waals surface area contributed by atoms with Crippen molar-refractivity contribution in [3.63, 3.8) is 0 Å². The van der Waals surface area contributed by atoms with Gasteiger partial charge >= 0.3 is 5.63 Å². The van der Waals surface area contributed by atoms with Crippen molar-refractivity contribution in [3.05, 3.63) is 40.2 Å². The van der Waals surface area contributed by atoms with E-state index in [9.17, 15) is 19.5 Å². The highest BCUT2D eigenvalue weighted by molar-refractivity contribution is 5.86. The van der Waals surface area contributed by atoms with E-state index in [0.717, 1.165) is 10.9 Å². The van der Waals surface area contributed by atoms with Gasteiger partial charge in [-0.15, -0.1) is 0 Å². The van der Waals surface area contributed by atoms with Crippen LogP contribution in [-0.4, -0.2) is 24.0 Å². The second-order valence-corrected chi connectivity index (χ2v) is 5.22. The van der Waals surface area contributed by atoms with Crippen molar-refractivity contribution in [2.45, 2.75) is 32.9 Å². The Balaban J connectivity index is 2.16. The van der Waals surface area contributed by atoms with Gasteiger partial charge in [-0.2, -0.15) is 0 Å². The number of carboxylic acids is 1. The lowest BCUT2D eigenvalue weighted by molar-refractivity contribution is -0.307. The highest BCUT2D eigenvalue weighted by Crippen LogP contribution is 2.22. The Morgan fingerprint density at radius 2 is 1.96 bits per heavy atom. The van der Waals surface area contributed by atoms with Gasteiger partial charge < -0.3 is 24.4 Å². The van der Waals surface area contributed by atoms with Crippen molar-refractivity contribution < 1.29 is 23.8 Å². The van der Waals surface area contributed by atoms with Crippen LogP contribution in [0, 0.1) is 6.92 Å². The Morgan fingerprint density at radius 3 is 2.61 bits per heavy atom. The molecule has 0 saturated heterocycles. The largest absolute Gasteiger partial charge is 0.548 e. The van der Waals surface area contributed by atoms with Crippen LogP contribution in [-0.2, 0) is 9.59 Å². The van der Waals surface area contributed by atoms with E-state index in [1.807, 2.05) is 0 Å². The van der Waals surface area contributed by atoms with Crippen LogP contribution in [0.25, 0.3) is 11.0 Å². The highest BCUT2D eigenvalue weighted by Gasteiger charge is 2.17. The van der Waals surface area contributed by atoms with Crippen LogP contribution in [0.2, 0.25) is 0 Å². The summed E-state index contributed by atoms with van der Waals surface area (Å²) in [6.07, 6.45) is -0.925. The Labute approximate surface area is 131 Å². The fourth-order valence-electron chi connectivity index (χ4n) is 2.03. The number of ether oxygens (including phenoxy) is 1. The summed E-state index contributed by atoms with van der Waals surface area (Å²) < 4.78 is 10.6. The first-order chi connectivity index (χ1) is 10.8. The summed E-state index contributed by atoms with van der Waals surface area (Å²) >= 11 is 0. The molecule has 7 nitrogen and oxygen atoms in total. The number of carbonyl (C=O) groups excluding carboxylic acids is 2. The zero-order valence-electron chi connectivity index (χ0n) is 12.9. The van der Waals surface area contributed by atoms with Crippen molar-refractivity contribution in [1.82, 2.24) is 5.32 Å². The predicted molar refractivity (Wildman–Crippen MR) is 79.9 cm³/mol. The van der Waals surface area contributed by atoms with Crippen molar-refractivity contribution >= 4 is 22.8 Å². The number of rotatable bonds is 5. The van der Waals surface area contributed by atoms with Gasteiger partial charge in [0.1, 0.15) is 11.3 Å². The highest BCUT2D eigenvalue weighted by atomic mass is 16.5. The zero-order chi connectivity index (χ0) is 17.1. The smallest absolute Gasteiger partial charge is 0.336 e. The first kappa shape index (κ1) is 16.5. The molecular formula is C16H16NO6-. The van der Waals surface area contributed by atoms with Gasteiger partial charge in [0.05, 0.1) is 12.0 Å². The molecule has 1 heterocycles. The van der Waals surface area contributed by atoms with Crippen molar-refractivity contribution in [2.24, 2.45) is 0 Å². The van der Waals surface area contributed by atoms with Gasteiger partial charge in [0, 0.05) is 17.5 Å². The molecule has 0 aliphatic rings. The summed E-state index contributed by atoms with van der Waals surface area (Å²) in [5.41, 5.74) is 0.653. The summed E-state index contributed by atoms with van der Waals surface area (Å²) in [4.78, 5) is 33.8. The summed E-state index contributed by atoms with van der Waals surface area (Å²) in [6.45, 7) is 4.57. The molecule has 0 radical (unpaired) electrons. The monoisotopic (exact) mass is 318 g/mol. The molecule has 122 valence electrons. The van der Waals surface area contributed by atoms with Crippen LogP contribution in [0.5, 0.6) is 5.75 Å². The summed E-state index contributed by atoms with van der Waals surface area (Å²) in [5.74, 6) is -1.64. The minimum Gasteiger partial charge on any atom is -0.548 e. The van der Waals surface area contributed by atoms with E-state index in [2.05, 4.69) is 5.32 Å². The number of carboxylic acid groups (broad SMARTS) is 1. The Hall–Kier alpha value is -2.83. The van der Waals surface area contributed by atoms with Crippen molar-refractivity contribution in [2.75, 3.05) is 0 Å². The van der Waals surface area contributed by atoms with Crippen LogP contribution in [0.1, 0.15) is 19.4 Å². The lowest BCUT2D eigenvalue weighted by Crippen LogP contribution is -2.49. The van der Waals surface area contributed by atoms with Gasteiger partial charge in [-0.25, -0.2) is 4.79 Å². The van der Waals surface area contributed by atoms with Gasteiger partial charge in [0.2, 0.25) is 0 Å². The number of hydrogen-bond donors (Lipinski definition) is 1. The molecule has 1 aromatic carbocycles. The second-order valence-electron chi connectivity index (χ2n) is 5.22. The molecule has 0 fully saturated rings. The van der Waals surface area contributed by atoms with Crippen molar-refractivity contribution in [1.29, 1.82) is 0 Å². The molecule has 0 aliphatic carbocycles. The van der Waals surface area contributed by atoms with E-state index in [1.165, 1.54) is 26.0 Å². The Morgan fingerprint density at radius 1 is 1.26 bits per heavy atom. The fourth-order valence-corrected chi connectivity index (χ4v) is 2.03. The number of nitrogens with one attached hydrogen (secondary N) is 1. The number of benzene rings is 1.